The van der Waals surface area contributed by atoms with Crippen LogP contribution in [0.3, 0.4) is 0 Å². The summed E-state index contributed by atoms with van der Waals surface area (Å²) in [6, 6.07) is 12.8. The van der Waals surface area contributed by atoms with E-state index < -0.39 is 11.1 Å². The number of nitrogens with zero attached hydrogens (tertiary/aromatic N) is 2. The maximum Gasteiger partial charge on any atom is 0.316 e. The lowest BCUT2D eigenvalue weighted by Crippen LogP contribution is -2.36. The van der Waals surface area contributed by atoms with Gasteiger partial charge in [0, 0.05) is 25.1 Å². The molecular weight excluding hydrogens is 370 g/mol. The van der Waals surface area contributed by atoms with Crippen molar-refractivity contribution in [3.05, 3.63) is 74.6 Å². The number of fused-ring (bicyclic) bond motifs is 2. The Morgan fingerprint density at radius 1 is 1.10 bits per heavy atom. The predicted molar refractivity (Wildman–Crippen MR) is 111 cm³/mol. The zero-order valence-corrected chi connectivity index (χ0v) is 16.0. The van der Waals surface area contributed by atoms with Crippen LogP contribution >= 0.6 is 0 Å². The summed E-state index contributed by atoms with van der Waals surface area (Å²) >= 11 is 0. The number of carbonyl (C=O) groups excluding carboxylic acids is 1. The molecule has 8 heteroatoms. The molecule has 3 N–H and O–H groups in total. The lowest BCUT2D eigenvalue weighted by atomic mass is 10.1. The van der Waals surface area contributed by atoms with Crippen LogP contribution in [0, 0.1) is 0 Å². The number of aromatic amines is 2. The van der Waals surface area contributed by atoms with E-state index >= 15 is 0 Å². The predicted octanol–water partition coefficient (Wildman–Crippen LogP) is 1.95. The van der Waals surface area contributed by atoms with Crippen molar-refractivity contribution in [2.45, 2.75) is 26.3 Å². The number of amides is 1. The van der Waals surface area contributed by atoms with Gasteiger partial charge in [0.05, 0.1) is 22.1 Å². The lowest BCUT2D eigenvalue weighted by molar-refractivity contribution is 0.0953. The Bertz CT molecular complexity index is 1280. The van der Waals surface area contributed by atoms with Gasteiger partial charge >= 0.3 is 11.1 Å². The molecule has 148 valence electrons. The molecule has 2 aromatic heterocycles. The first kappa shape index (κ1) is 18.7. The van der Waals surface area contributed by atoms with Crippen molar-refractivity contribution in [2.75, 3.05) is 6.54 Å². The Balaban J connectivity index is 1.41. The van der Waals surface area contributed by atoms with E-state index in [1.54, 1.807) is 25.1 Å². The number of carbonyl (C=O) groups is 1. The smallest absolute Gasteiger partial charge is 0.316 e. The average Bonchev–Trinajstić information content (AvgIpc) is 3.14. The molecule has 0 aliphatic rings. The average molecular weight is 391 g/mol. The number of rotatable bonds is 6. The molecule has 0 fully saturated rings. The van der Waals surface area contributed by atoms with Gasteiger partial charge in [0.2, 0.25) is 0 Å². The van der Waals surface area contributed by atoms with Crippen molar-refractivity contribution in [1.29, 1.82) is 0 Å². The van der Waals surface area contributed by atoms with E-state index in [2.05, 4.69) is 20.3 Å². The summed E-state index contributed by atoms with van der Waals surface area (Å²) < 4.78 is 1.39. The van der Waals surface area contributed by atoms with Crippen molar-refractivity contribution in [3.63, 3.8) is 0 Å². The number of hydrogen-bond donors (Lipinski definition) is 3. The van der Waals surface area contributed by atoms with E-state index in [1.165, 1.54) is 4.57 Å². The van der Waals surface area contributed by atoms with Gasteiger partial charge in [0.25, 0.3) is 5.91 Å². The minimum absolute atomic E-state index is 0.230. The molecule has 0 bridgehead atoms. The molecule has 4 aromatic rings. The summed E-state index contributed by atoms with van der Waals surface area (Å²) in [6.07, 6.45) is 1.47. The largest absolute Gasteiger partial charge is 0.352 e. The van der Waals surface area contributed by atoms with Gasteiger partial charge in [-0.05, 0) is 43.7 Å². The molecule has 0 unspecified atom stereocenters. The van der Waals surface area contributed by atoms with E-state index in [1.807, 2.05) is 24.3 Å². The quantitative estimate of drug-likeness (QED) is 0.344. The molecule has 0 spiro atoms. The van der Waals surface area contributed by atoms with E-state index in [0.717, 1.165) is 29.7 Å². The summed E-state index contributed by atoms with van der Waals surface area (Å²) in [7, 11) is 0. The molecule has 0 aliphatic carbocycles. The molecule has 2 heterocycles. The van der Waals surface area contributed by atoms with Gasteiger partial charge in [-0.2, -0.15) is 0 Å². The third-order valence-electron chi connectivity index (χ3n) is 4.87. The first-order valence-corrected chi connectivity index (χ1v) is 9.55. The highest BCUT2D eigenvalue weighted by Crippen LogP contribution is 2.13. The van der Waals surface area contributed by atoms with E-state index in [-0.39, 0.29) is 5.91 Å². The number of benzene rings is 2. The summed E-state index contributed by atoms with van der Waals surface area (Å²) in [6.45, 7) is 2.67. The first-order valence-electron chi connectivity index (χ1n) is 9.55. The zero-order chi connectivity index (χ0) is 20.4. The fourth-order valence-corrected chi connectivity index (χ4v) is 3.42. The van der Waals surface area contributed by atoms with Crippen molar-refractivity contribution < 1.29 is 4.79 Å². The maximum atomic E-state index is 12.5. The molecule has 1 amide bonds. The van der Waals surface area contributed by atoms with Gasteiger partial charge in [0.1, 0.15) is 5.82 Å². The Morgan fingerprint density at radius 3 is 2.72 bits per heavy atom. The fourth-order valence-electron chi connectivity index (χ4n) is 3.42. The van der Waals surface area contributed by atoms with E-state index in [0.29, 0.717) is 29.7 Å². The molecule has 0 aliphatic heterocycles. The van der Waals surface area contributed by atoms with Gasteiger partial charge in [-0.1, -0.05) is 12.1 Å². The summed E-state index contributed by atoms with van der Waals surface area (Å²) in [5.41, 5.74) is 2.14. The van der Waals surface area contributed by atoms with Gasteiger partial charge in [-0.25, -0.2) is 4.98 Å². The zero-order valence-electron chi connectivity index (χ0n) is 16.0. The highest BCUT2D eigenvalue weighted by atomic mass is 16.2. The summed E-state index contributed by atoms with van der Waals surface area (Å²) in [5, 5.41) is 2.88. The van der Waals surface area contributed by atoms with Crippen LogP contribution in [-0.4, -0.2) is 32.0 Å². The second-order valence-corrected chi connectivity index (χ2v) is 6.80. The molecular formula is C21H21N5O3. The van der Waals surface area contributed by atoms with Crippen molar-refractivity contribution in [3.8, 4) is 0 Å². The van der Waals surface area contributed by atoms with Crippen LogP contribution in [0.25, 0.3) is 22.1 Å². The Hall–Kier alpha value is -3.68. The molecule has 2 aromatic carbocycles. The normalized spacial score (nSPS) is 11.2. The topological polar surface area (TPSA) is 113 Å². The van der Waals surface area contributed by atoms with E-state index in [4.69, 9.17) is 0 Å². The van der Waals surface area contributed by atoms with Gasteiger partial charge in [0.15, 0.2) is 0 Å². The van der Waals surface area contributed by atoms with Crippen LogP contribution in [0.4, 0.5) is 0 Å². The third kappa shape index (κ3) is 3.69. The second kappa shape index (κ2) is 7.75. The molecule has 8 nitrogen and oxygen atoms in total. The van der Waals surface area contributed by atoms with Crippen molar-refractivity contribution in [1.82, 2.24) is 24.8 Å². The van der Waals surface area contributed by atoms with Crippen LogP contribution in [-0.2, 0) is 13.0 Å². The molecule has 0 saturated carbocycles. The maximum absolute atomic E-state index is 12.5. The SMILES string of the molecule is CCn1c(=O)c(=O)[nH]c2cc(C(=O)NCCCc3nc4ccccc4[nH]3)ccc21. The fraction of sp³-hybridized carbons (Fsp3) is 0.238. The molecule has 0 atom stereocenters. The monoisotopic (exact) mass is 391 g/mol. The summed E-state index contributed by atoms with van der Waals surface area (Å²) in [5.74, 6) is 0.660. The third-order valence-corrected chi connectivity index (χ3v) is 4.87. The summed E-state index contributed by atoms with van der Waals surface area (Å²) in [4.78, 5) is 46.5. The molecule has 29 heavy (non-hydrogen) atoms. The number of nitrogens with one attached hydrogen (secondary N) is 3. The van der Waals surface area contributed by atoms with Crippen LogP contribution in [0.15, 0.2) is 52.1 Å². The van der Waals surface area contributed by atoms with E-state index in [9.17, 15) is 14.4 Å². The number of para-hydroxylation sites is 2. The van der Waals surface area contributed by atoms with Crippen LogP contribution < -0.4 is 16.4 Å². The lowest BCUT2D eigenvalue weighted by Gasteiger charge is -2.09. The van der Waals surface area contributed by atoms with Crippen LogP contribution in [0.2, 0.25) is 0 Å². The highest BCUT2D eigenvalue weighted by molar-refractivity contribution is 5.97. The molecule has 4 rings (SSSR count). The van der Waals surface area contributed by atoms with Gasteiger partial charge < -0.3 is 19.9 Å². The minimum atomic E-state index is -0.692. The number of hydrogen-bond acceptors (Lipinski definition) is 4. The van der Waals surface area contributed by atoms with Crippen molar-refractivity contribution in [2.24, 2.45) is 0 Å². The minimum Gasteiger partial charge on any atom is -0.352 e. The van der Waals surface area contributed by atoms with Crippen LogP contribution in [0.5, 0.6) is 0 Å². The van der Waals surface area contributed by atoms with Crippen LogP contribution in [0.1, 0.15) is 29.5 Å². The Labute approximate surface area is 165 Å². The number of aromatic nitrogens is 4. The molecule has 0 radical (unpaired) electrons. The standard InChI is InChI=1S/C21H21N5O3/c1-2-26-17-10-9-13(12-16(17)25-20(28)21(26)29)19(27)22-11-5-8-18-23-14-6-3-4-7-15(14)24-18/h3-4,6-7,9-10,12H,2,5,8,11H2,1H3,(H,22,27)(H,23,24)(H,25,28). The van der Waals surface area contributed by atoms with Gasteiger partial charge in [-0.3, -0.25) is 14.4 Å². The number of H-pyrrole nitrogens is 2. The number of imidazole rings is 1. The Morgan fingerprint density at radius 2 is 1.93 bits per heavy atom. The highest BCUT2D eigenvalue weighted by Gasteiger charge is 2.10. The Kier molecular flexibility index (Phi) is 4.99. The van der Waals surface area contributed by atoms with Gasteiger partial charge in [-0.15, -0.1) is 0 Å². The van der Waals surface area contributed by atoms with Crippen molar-refractivity contribution >= 4 is 28.0 Å². The second-order valence-electron chi connectivity index (χ2n) is 6.80. The molecule has 0 saturated heterocycles. The first-order chi connectivity index (χ1) is 14.1. The number of aryl methyl sites for hydroxylation is 2.